The van der Waals surface area contributed by atoms with Gasteiger partial charge in [-0.1, -0.05) is 54.5 Å². The maximum Gasteiger partial charge on any atom is 0.446 e. The number of likely N-dealkylation sites (tertiary alicyclic amines) is 1. The van der Waals surface area contributed by atoms with Gasteiger partial charge in [0, 0.05) is 24.5 Å². The lowest BCUT2D eigenvalue weighted by Crippen LogP contribution is -2.37. The molecule has 0 unspecified atom stereocenters. The monoisotopic (exact) mass is 441 g/mol. The van der Waals surface area contributed by atoms with Gasteiger partial charge in [-0.25, -0.2) is 0 Å². The summed E-state index contributed by atoms with van der Waals surface area (Å²) in [4.78, 5) is 2.82. The van der Waals surface area contributed by atoms with E-state index in [0.29, 0.717) is 0 Å². The zero-order valence-corrected chi connectivity index (χ0v) is 18.2. The van der Waals surface area contributed by atoms with Crippen LogP contribution in [-0.4, -0.2) is 30.0 Å². The fraction of sp³-hybridized carbons (Fsp3) is 0.385. The summed E-state index contributed by atoms with van der Waals surface area (Å²) in [5, 5.41) is 0. The molecule has 31 heavy (non-hydrogen) atoms. The van der Waals surface area contributed by atoms with Crippen molar-refractivity contribution in [2.75, 3.05) is 19.6 Å². The Labute approximate surface area is 186 Å². The van der Waals surface area contributed by atoms with Crippen molar-refractivity contribution < 1.29 is 13.2 Å². The van der Waals surface area contributed by atoms with Gasteiger partial charge in [0.1, 0.15) is 0 Å². The minimum absolute atomic E-state index is 0.0284. The SMILES string of the molecule is FC(F)(F)Sc1ccc2c(c1)C(=C1CCN(CC3CCC3)CC1)c1ccccc1C=C2. The summed E-state index contributed by atoms with van der Waals surface area (Å²) in [5.74, 6) is 0.861. The highest BCUT2D eigenvalue weighted by atomic mass is 32.2. The summed E-state index contributed by atoms with van der Waals surface area (Å²) >= 11 is -0.0284. The first-order valence-electron chi connectivity index (χ1n) is 11.1. The predicted molar refractivity (Wildman–Crippen MR) is 123 cm³/mol. The number of hydrogen-bond acceptors (Lipinski definition) is 2. The topological polar surface area (TPSA) is 3.24 Å². The number of rotatable bonds is 3. The molecule has 5 heteroatoms. The van der Waals surface area contributed by atoms with Crippen LogP contribution in [0.2, 0.25) is 0 Å². The summed E-state index contributed by atoms with van der Waals surface area (Å²) in [5.41, 5.74) is 2.41. The van der Waals surface area contributed by atoms with Crippen molar-refractivity contribution in [2.24, 2.45) is 5.92 Å². The van der Waals surface area contributed by atoms with E-state index >= 15 is 0 Å². The first-order chi connectivity index (χ1) is 15.0. The lowest BCUT2D eigenvalue weighted by molar-refractivity contribution is -0.0328. The van der Waals surface area contributed by atoms with Crippen LogP contribution in [0, 0.1) is 5.92 Å². The summed E-state index contributed by atoms with van der Waals surface area (Å²) in [6.07, 6.45) is 10.2. The Morgan fingerprint density at radius 3 is 2.29 bits per heavy atom. The first kappa shape index (κ1) is 20.9. The van der Waals surface area contributed by atoms with Crippen LogP contribution in [0.25, 0.3) is 17.7 Å². The number of thioether (sulfide) groups is 1. The molecule has 1 nitrogen and oxygen atoms in total. The third-order valence-corrected chi connectivity index (χ3v) is 7.48. The fourth-order valence-corrected chi connectivity index (χ4v) is 5.55. The van der Waals surface area contributed by atoms with E-state index < -0.39 is 5.51 Å². The summed E-state index contributed by atoms with van der Waals surface area (Å²) in [6, 6.07) is 13.4. The molecule has 0 radical (unpaired) electrons. The highest BCUT2D eigenvalue weighted by Gasteiger charge is 2.30. The highest BCUT2D eigenvalue weighted by Crippen LogP contribution is 2.43. The van der Waals surface area contributed by atoms with E-state index in [0.717, 1.165) is 59.7 Å². The van der Waals surface area contributed by atoms with Crippen LogP contribution in [-0.2, 0) is 0 Å². The molecule has 1 saturated carbocycles. The fourth-order valence-electron chi connectivity index (χ4n) is 4.97. The molecule has 1 heterocycles. The zero-order chi connectivity index (χ0) is 21.4. The van der Waals surface area contributed by atoms with Crippen LogP contribution < -0.4 is 0 Å². The predicted octanol–water partition coefficient (Wildman–Crippen LogP) is 7.48. The van der Waals surface area contributed by atoms with Gasteiger partial charge in [0.15, 0.2) is 0 Å². The van der Waals surface area contributed by atoms with E-state index in [1.54, 1.807) is 12.1 Å². The van der Waals surface area contributed by atoms with Crippen molar-refractivity contribution in [3.63, 3.8) is 0 Å². The number of piperidine rings is 1. The zero-order valence-electron chi connectivity index (χ0n) is 17.4. The van der Waals surface area contributed by atoms with E-state index in [-0.39, 0.29) is 16.7 Å². The Bertz CT molecular complexity index is 1020. The molecular weight excluding hydrogens is 415 g/mol. The summed E-state index contributed by atoms with van der Waals surface area (Å²) in [6.45, 7) is 3.28. The molecule has 0 N–H and O–H groups in total. The van der Waals surface area contributed by atoms with Gasteiger partial charge in [0.05, 0.1) is 0 Å². The third kappa shape index (κ3) is 4.63. The molecule has 2 aliphatic carbocycles. The lowest BCUT2D eigenvalue weighted by Gasteiger charge is -2.36. The summed E-state index contributed by atoms with van der Waals surface area (Å²) in [7, 11) is 0. The van der Waals surface area contributed by atoms with Gasteiger partial charge in [0.2, 0.25) is 0 Å². The van der Waals surface area contributed by atoms with E-state index in [1.807, 2.05) is 24.3 Å². The van der Waals surface area contributed by atoms with Gasteiger partial charge in [-0.05, 0) is 83.3 Å². The van der Waals surface area contributed by atoms with Gasteiger partial charge in [-0.3, -0.25) is 0 Å². The maximum absolute atomic E-state index is 13.1. The number of nitrogens with zero attached hydrogens (tertiary/aromatic N) is 1. The molecule has 5 rings (SSSR count). The first-order valence-corrected chi connectivity index (χ1v) is 11.9. The minimum atomic E-state index is -4.28. The molecule has 2 fully saturated rings. The Kier molecular flexibility index (Phi) is 5.74. The molecule has 2 aromatic rings. The molecule has 1 aliphatic heterocycles. The minimum Gasteiger partial charge on any atom is -0.302 e. The van der Waals surface area contributed by atoms with Crippen LogP contribution in [0.15, 0.2) is 52.9 Å². The number of hydrogen-bond donors (Lipinski definition) is 0. The highest BCUT2D eigenvalue weighted by molar-refractivity contribution is 8.00. The second kappa shape index (κ2) is 8.51. The van der Waals surface area contributed by atoms with Crippen LogP contribution in [0.4, 0.5) is 13.2 Å². The molecule has 2 aromatic carbocycles. The van der Waals surface area contributed by atoms with Gasteiger partial charge in [-0.15, -0.1) is 0 Å². The molecule has 0 spiro atoms. The van der Waals surface area contributed by atoms with Gasteiger partial charge in [0.25, 0.3) is 0 Å². The average Bonchev–Trinajstić information content (AvgIpc) is 2.87. The van der Waals surface area contributed by atoms with E-state index in [2.05, 4.69) is 23.1 Å². The maximum atomic E-state index is 13.1. The average molecular weight is 442 g/mol. The molecule has 1 saturated heterocycles. The summed E-state index contributed by atoms with van der Waals surface area (Å²) < 4.78 is 39.2. The molecule has 0 atom stereocenters. The molecular formula is C26H26F3NS. The van der Waals surface area contributed by atoms with Gasteiger partial charge < -0.3 is 4.90 Å². The molecule has 0 amide bonds. The van der Waals surface area contributed by atoms with Crippen molar-refractivity contribution in [1.29, 1.82) is 0 Å². The number of alkyl halides is 3. The Morgan fingerprint density at radius 1 is 0.903 bits per heavy atom. The number of halogens is 3. The largest absolute Gasteiger partial charge is 0.446 e. The van der Waals surface area contributed by atoms with E-state index in [9.17, 15) is 13.2 Å². The van der Waals surface area contributed by atoms with Crippen molar-refractivity contribution in [1.82, 2.24) is 4.90 Å². The third-order valence-electron chi connectivity index (χ3n) is 6.75. The van der Waals surface area contributed by atoms with Crippen molar-refractivity contribution in [2.45, 2.75) is 42.5 Å². The molecule has 0 bridgehead atoms. The molecule has 0 aromatic heterocycles. The number of benzene rings is 2. The number of fused-ring (bicyclic) bond motifs is 2. The second-order valence-corrected chi connectivity index (χ2v) is 9.93. The smallest absolute Gasteiger partial charge is 0.302 e. The Hall–Kier alpha value is -1.98. The Balaban J connectivity index is 1.53. The van der Waals surface area contributed by atoms with Gasteiger partial charge in [-0.2, -0.15) is 13.2 Å². The van der Waals surface area contributed by atoms with E-state index in [4.69, 9.17) is 0 Å². The lowest BCUT2D eigenvalue weighted by atomic mass is 9.83. The standard InChI is InChI=1S/C26H26F3NS/c27-26(28,29)31-22-11-10-20-9-8-19-6-1-2-7-23(19)25(24(20)16-22)21-12-14-30(15-13-21)17-18-4-3-5-18/h1-2,6-11,16,18H,3-5,12-15,17H2. The van der Waals surface area contributed by atoms with Crippen LogP contribution in [0.1, 0.15) is 54.4 Å². The normalized spacial score (nSPS) is 19.6. The molecule has 162 valence electrons. The van der Waals surface area contributed by atoms with Gasteiger partial charge >= 0.3 is 5.51 Å². The van der Waals surface area contributed by atoms with Crippen molar-refractivity contribution in [3.05, 3.63) is 70.3 Å². The van der Waals surface area contributed by atoms with Crippen molar-refractivity contribution in [3.8, 4) is 0 Å². The quantitative estimate of drug-likeness (QED) is 0.388. The van der Waals surface area contributed by atoms with Crippen LogP contribution in [0.5, 0.6) is 0 Å². The van der Waals surface area contributed by atoms with Crippen molar-refractivity contribution >= 4 is 29.5 Å². The van der Waals surface area contributed by atoms with Crippen LogP contribution in [0.3, 0.4) is 0 Å². The second-order valence-electron chi connectivity index (χ2n) is 8.79. The molecule has 3 aliphatic rings. The van der Waals surface area contributed by atoms with E-state index in [1.165, 1.54) is 31.4 Å². The van der Waals surface area contributed by atoms with Crippen LogP contribution >= 0.6 is 11.8 Å². The Morgan fingerprint density at radius 2 is 1.61 bits per heavy atom.